The van der Waals surface area contributed by atoms with Crippen LogP contribution in [0.4, 0.5) is 15.9 Å². The number of nitrogens with one attached hydrogen (secondary N) is 2. The van der Waals surface area contributed by atoms with E-state index in [1.807, 2.05) is 6.92 Å². The predicted octanol–water partition coefficient (Wildman–Crippen LogP) is 2.61. The lowest BCUT2D eigenvalue weighted by molar-refractivity contribution is 0.628. The van der Waals surface area contributed by atoms with Crippen molar-refractivity contribution in [2.75, 3.05) is 5.32 Å². The Bertz CT molecular complexity index is 612. The summed E-state index contributed by atoms with van der Waals surface area (Å²) >= 11 is 5.77. The van der Waals surface area contributed by atoms with E-state index in [-0.39, 0.29) is 16.7 Å². The monoisotopic (exact) mass is 253 g/mol. The van der Waals surface area contributed by atoms with E-state index >= 15 is 0 Å². The fourth-order valence-electron chi connectivity index (χ4n) is 1.33. The normalized spacial score (nSPS) is 10.3. The fourth-order valence-corrected chi connectivity index (χ4v) is 1.48. The number of benzene rings is 1. The van der Waals surface area contributed by atoms with Crippen molar-refractivity contribution in [2.45, 2.75) is 6.92 Å². The molecule has 0 unspecified atom stereocenters. The Kier molecular flexibility index (Phi) is 3.10. The largest absolute Gasteiger partial charge is 0.338 e. The lowest BCUT2D eigenvalue weighted by atomic mass is 10.2. The zero-order valence-electron chi connectivity index (χ0n) is 8.92. The van der Waals surface area contributed by atoms with Crippen LogP contribution < -0.4 is 10.9 Å². The number of hydrogen-bond donors (Lipinski definition) is 2. The number of hydrogen-bond acceptors (Lipinski definition) is 3. The van der Waals surface area contributed by atoms with E-state index in [9.17, 15) is 9.18 Å². The lowest BCUT2D eigenvalue weighted by Gasteiger charge is -2.09. The minimum absolute atomic E-state index is 0.0591. The highest BCUT2D eigenvalue weighted by Gasteiger charge is 2.07. The van der Waals surface area contributed by atoms with Crippen LogP contribution in [0.3, 0.4) is 0 Å². The van der Waals surface area contributed by atoms with Crippen molar-refractivity contribution in [3.05, 3.63) is 51.3 Å². The predicted molar refractivity (Wildman–Crippen MR) is 64.3 cm³/mol. The van der Waals surface area contributed by atoms with E-state index < -0.39 is 5.56 Å². The van der Waals surface area contributed by atoms with Crippen LogP contribution in [0.15, 0.2) is 29.3 Å². The highest BCUT2D eigenvalue weighted by molar-refractivity contribution is 6.32. The summed E-state index contributed by atoms with van der Waals surface area (Å²) in [7, 11) is 0. The first-order valence-electron chi connectivity index (χ1n) is 4.84. The van der Waals surface area contributed by atoms with Crippen LogP contribution >= 0.6 is 11.6 Å². The Morgan fingerprint density at radius 2 is 2.24 bits per heavy atom. The molecule has 4 nitrogen and oxygen atoms in total. The van der Waals surface area contributed by atoms with E-state index in [2.05, 4.69) is 15.3 Å². The summed E-state index contributed by atoms with van der Waals surface area (Å²) in [5, 5.41) is 2.76. The molecule has 0 aliphatic carbocycles. The molecule has 0 spiro atoms. The molecule has 0 radical (unpaired) electrons. The molecule has 0 saturated heterocycles. The van der Waals surface area contributed by atoms with Gasteiger partial charge in [-0.3, -0.25) is 4.79 Å². The number of rotatable bonds is 2. The highest BCUT2D eigenvalue weighted by Crippen LogP contribution is 2.22. The third kappa shape index (κ3) is 2.45. The molecule has 88 valence electrons. The van der Waals surface area contributed by atoms with Gasteiger partial charge < -0.3 is 10.3 Å². The van der Waals surface area contributed by atoms with Crippen molar-refractivity contribution in [3.8, 4) is 0 Å². The van der Waals surface area contributed by atoms with Gasteiger partial charge in [0.05, 0.1) is 6.33 Å². The number of anilines is 2. The van der Waals surface area contributed by atoms with Gasteiger partial charge in [0.25, 0.3) is 5.56 Å². The van der Waals surface area contributed by atoms with Gasteiger partial charge >= 0.3 is 0 Å². The number of aromatic nitrogens is 2. The van der Waals surface area contributed by atoms with E-state index in [0.717, 1.165) is 5.56 Å². The van der Waals surface area contributed by atoms with Gasteiger partial charge in [0.2, 0.25) is 0 Å². The molecular weight excluding hydrogens is 245 g/mol. The van der Waals surface area contributed by atoms with Gasteiger partial charge in [-0.1, -0.05) is 17.7 Å². The molecule has 1 aromatic heterocycles. The lowest BCUT2D eigenvalue weighted by Crippen LogP contribution is -2.10. The third-order valence-electron chi connectivity index (χ3n) is 2.25. The summed E-state index contributed by atoms with van der Waals surface area (Å²) in [6, 6.07) is 4.29. The van der Waals surface area contributed by atoms with Crippen molar-refractivity contribution in [1.29, 1.82) is 0 Å². The molecule has 17 heavy (non-hydrogen) atoms. The van der Waals surface area contributed by atoms with Crippen LogP contribution in [0.25, 0.3) is 0 Å². The van der Waals surface area contributed by atoms with Gasteiger partial charge in [0.1, 0.15) is 10.8 Å². The van der Waals surface area contributed by atoms with E-state index in [1.54, 1.807) is 6.07 Å². The first kappa shape index (κ1) is 11.6. The Hall–Kier alpha value is -1.88. The molecule has 0 atom stereocenters. The summed E-state index contributed by atoms with van der Waals surface area (Å²) < 4.78 is 13.1. The minimum Gasteiger partial charge on any atom is -0.338 e. The Balaban J connectivity index is 2.41. The van der Waals surface area contributed by atoms with Crippen molar-refractivity contribution in [3.63, 3.8) is 0 Å². The molecule has 1 heterocycles. The standard InChI is InChI=1S/C11H9ClFN3O/c1-6-2-3-7(13)4-8(6)16-10-9(12)11(17)15-5-14-10/h2-5H,1H3,(H2,14,15,16,17). The molecule has 0 aliphatic rings. The number of nitrogens with zero attached hydrogens (tertiary/aromatic N) is 1. The van der Waals surface area contributed by atoms with Gasteiger partial charge in [-0.05, 0) is 24.6 Å². The number of aromatic amines is 1. The number of aryl methyl sites for hydroxylation is 1. The van der Waals surface area contributed by atoms with E-state index in [0.29, 0.717) is 5.69 Å². The molecule has 1 aromatic carbocycles. The summed E-state index contributed by atoms with van der Waals surface area (Å²) in [6.07, 6.45) is 1.23. The van der Waals surface area contributed by atoms with Crippen molar-refractivity contribution in [2.24, 2.45) is 0 Å². The molecule has 0 fully saturated rings. The van der Waals surface area contributed by atoms with Crippen LogP contribution in [0, 0.1) is 12.7 Å². The fraction of sp³-hybridized carbons (Fsp3) is 0.0909. The highest BCUT2D eigenvalue weighted by atomic mass is 35.5. The quantitative estimate of drug-likeness (QED) is 0.865. The van der Waals surface area contributed by atoms with Crippen LogP contribution in [0.5, 0.6) is 0 Å². The molecule has 0 bridgehead atoms. The molecule has 2 aromatic rings. The van der Waals surface area contributed by atoms with Crippen LogP contribution in [0.2, 0.25) is 5.02 Å². The van der Waals surface area contributed by atoms with Gasteiger partial charge in [-0.15, -0.1) is 0 Å². The van der Waals surface area contributed by atoms with Crippen molar-refractivity contribution < 1.29 is 4.39 Å². The van der Waals surface area contributed by atoms with Gasteiger partial charge in [-0.2, -0.15) is 0 Å². The summed E-state index contributed by atoms with van der Waals surface area (Å²) in [4.78, 5) is 17.5. The maximum atomic E-state index is 13.1. The third-order valence-corrected chi connectivity index (χ3v) is 2.60. The van der Waals surface area contributed by atoms with E-state index in [4.69, 9.17) is 11.6 Å². The molecule has 0 saturated carbocycles. The maximum absolute atomic E-state index is 13.1. The topological polar surface area (TPSA) is 57.8 Å². The second-order valence-corrected chi connectivity index (χ2v) is 3.86. The number of halogens is 2. The summed E-state index contributed by atoms with van der Waals surface area (Å²) in [5.74, 6) is -0.178. The van der Waals surface area contributed by atoms with Crippen LogP contribution in [0.1, 0.15) is 5.56 Å². The molecule has 0 amide bonds. The minimum atomic E-state index is -0.446. The van der Waals surface area contributed by atoms with Crippen LogP contribution in [-0.2, 0) is 0 Å². The van der Waals surface area contributed by atoms with Crippen molar-refractivity contribution in [1.82, 2.24) is 9.97 Å². The van der Waals surface area contributed by atoms with Gasteiger partial charge in [0.15, 0.2) is 5.82 Å². The first-order chi connectivity index (χ1) is 8.08. The average molecular weight is 254 g/mol. The Morgan fingerprint density at radius 1 is 1.47 bits per heavy atom. The average Bonchev–Trinajstić information content (AvgIpc) is 2.30. The molecule has 6 heteroatoms. The Morgan fingerprint density at radius 3 is 3.00 bits per heavy atom. The summed E-state index contributed by atoms with van der Waals surface area (Å²) in [5.41, 5.74) is 0.896. The SMILES string of the molecule is Cc1ccc(F)cc1Nc1nc[nH]c(=O)c1Cl. The first-order valence-corrected chi connectivity index (χ1v) is 5.22. The molecule has 2 N–H and O–H groups in total. The second kappa shape index (κ2) is 4.55. The van der Waals surface area contributed by atoms with Crippen molar-refractivity contribution >= 4 is 23.1 Å². The number of H-pyrrole nitrogens is 1. The zero-order valence-corrected chi connectivity index (χ0v) is 9.68. The van der Waals surface area contributed by atoms with Crippen LogP contribution in [-0.4, -0.2) is 9.97 Å². The molecule has 0 aliphatic heterocycles. The smallest absolute Gasteiger partial charge is 0.271 e. The second-order valence-electron chi connectivity index (χ2n) is 3.48. The Labute approximate surface area is 101 Å². The maximum Gasteiger partial charge on any atom is 0.271 e. The molecule has 2 rings (SSSR count). The zero-order chi connectivity index (χ0) is 12.4. The van der Waals surface area contributed by atoms with Gasteiger partial charge in [-0.25, -0.2) is 9.37 Å². The van der Waals surface area contributed by atoms with E-state index in [1.165, 1.54) is 18.5 Å². The van der Waals surface area contributed by atoms with Gasteiger partial charge in [0, 0.05) is 5.69 Å². The summed E-state index contributed by atoms with van der Waals surface area (Å²) in [6.45, 7) is 1.81. The molecular formula is C11H9ClFN3O.